The van der Waals surface area contributed by atoms with Crippen LogP contribution in [0.25, 0.3) is 0 Å². The lowest BCUT2D eigenvalue weighted by Gasteiger charge is -2.28. The van der Waals surface area contributed by atoms with Gasteiger partial charge >= 0.3 is 0 Å². The van der Waals surface area contributed by atoms with Gasteiger partial charge in [-0.05, 0) is 42.3 Å². The molecule has 3 aromatic rings. The summed E-state index contributed by atoms with van der Waals surface area (Å²) in [5.74, 6) is -1.02. The van der Waals surface area contributed by atoms with E-state index in [1.54, 1.807) is 36.4 Å². The Morgan fingerprint density at radius 1 is 0.943 bits per heavy atom. The molecule has 35 heavy (non-hydrogen) atoms. The van der Waals surface area contributed by atoms with Crippen molar-refractivity contribution in [3.8, 4) is 5.75 Å². The summed E-state index contributed by atoms with van der Waals surface area (Å²) < 4.78 is 5.60. The van der Waals surface area contributed by atoms with Gasteiger partial charge in [0.05, 0.1) is 28.9 Å². The van der Waals surface area contributed by atoms with Gasteiger partial charge in [0, 0.05) is 12.1 Å². The maximum Gasteiger partial charge on any atom is 0.271 e. The third-order valence-electron chi connectivity index (χ3n) is 6.12. The Hall–Kier alpha value is -4.24. The standard InChI is InChI=1S/C26H23N3O6/c1-2-15-34-21-13-11-18(12-14-21)27-25(30)22-23(17-7-4-3-5-8-17)28(35-24(22)26(27)31)19-9-6-10-20(16-19)29(32)33/h3-14,16,22-24H,2,15H2,1H3/t22-,23-,24+/m0/s1. The van der Waals surface area contributed by atoms with Crippen LogP contribution in [0.4, 0.5) is 17.1 Å². The van der Waals surface area contributed by atoms with Crippen molar-refractivity contribution in [2.45, 2.75) is 25.5 Å². The van der Waals surface area contributed by atoms with E-state index in [0.29, 0.717) is 23.7 Å². The minimum Gasteiger partial charge on any atom is -0.494 e. The van der Waals surface area contributed by atoms with Crippen molar-refractivity contribution < 1.29 is 24.1 Å². The number of rotatable bonds is 7. The van der Waals surface area contributed by atoms with Gasteiger partial charge in [-0.3, -0.25) is 24.5 Å². The van der Waals surface area contributed by atoms with E-state index >= 15 is 0 Å². The number of ether oxygens (including phenoxy) is 1. The molecule has 0 bridgehead atoms. The molecular weight excluding hydrogens is 450 g/mol. The lowest BCUT2D eigenvalue weighted by molar-refractivity contribution is -0.384. The number of benzene rings is 3. The molecule has 2 saturated heterocycles. The maximum atomic E-state index is 13.6. The molecule has 5 rings (SSSR count). The molecule has 2 aliphatic rings. The number of anilines is 2. The van der Waals surface area contributed by atoms with Gasteiger partial charge in [-0.15, -0.1) is 0 Å². The van der Waals surface area contributed by atoms with Crippen molar-refractivity contribution >= 4 is 28.9 Å². The van der Waals surface area contributed by atoms with Crippen LogP contribution in [0.1, 0.15) is 24.9 Å². The number of non-ortho nitro benzene ring substituents is 1. The first-order valence-corrected chi connectivity index (χ1v) is 11.4. The third-order valence-corrected chi connectivity index (χ3v) is 6.12. The normalized spacial score (nSPS) is 21.3. The lowest BCUT2D eigenvalue weighted by Crippen LogP contribution is -2.37. The number of nitrogens with zero attached hydrogens (tertiary/aromatic N) is 3. The molecule has 0 saturated carbocycles. The number of hydroxylamine groups is 1. The van der Waals surface area contributed by atoms with Crippen molar-refractivity contribution in [1.29, 1.82) is 0 Å². The first-order valence-electron chi connectivity index (χ1n) is 11.4. The van der Waals surface area contributed by atoms with E-state index in [0.717, 1.165) is 16.9 Å². The Labute approximate surface area is 201 Å². The van der Waals surface area contributed by atoms with Gasteiger partial charge in [0.2, 0.25) is 5.91 Å². The van der Waals surface area contributed by atoms with Crippen LogP contribution in [-0.2, 0) is 14.4 Å². The Morgan fingerprint density at radius 3 is 2.37 bits per heavy atom. The molecule has 0 radical (unpaired) electrons. The number of carbonyl (C=O) groups excluding carboxylic acids is 2. The average Bonchev–Trinajstić information content (AvgIpc) is 3.39. The number of hydrogen-bond donors (Lipinski definition) is 0. The van der Waals surface area contributed by atoms with Crippen LogP contribution in [0.5, 0.6) is 5.75 Å². The molecule has 9 heteroatoms. The molecule has 9 nitrogen and oxygen atoms in total. The molecule has 2 amide bonds. The lowest BCUT2D eigenvalue weighted by atomic mass is 9.90. The average molecular weight is 473 g/mol. The molecule has 0 aliphatic carbocycles. The van der Waals surface area contributed by atoms with Gasteiger partial charge in [0.15, 0.2) is 6.10 Å². The van der Waals surface area contributed by atoms with E-state index in [2.05, 4.69) is 0 Å². The maximum absolute atomic E-state index is 13.6. The zero-order chi connectivity index (χ0) is 24.5. The van der Waals surface area contributed by atoms with Crippen LogP contribution in [0, 0.1) is 16.0 Å². The number of carbonyl (C=O) groups is 2. The fourth-order valence-electron chi connectivity index (χ4n) is 4.54. The van der Waals surface area contributed by atoms with E-state index in [1.807, 2.05) is 37.3 Å². The van der Waals surface area contributed by atoms with Crippen molar-refractivity contribution in [1.82, 2.24) is 0 Å². The van der Waals surface area contributed by atoms with E-state index in [1.165, 1.54) is 17.2 Å². The highest BCUT2D eigenvalue weighted by Crippen LogP contribution is 2.48. The van der Waals surface area contributed by atoms with Crippen molar-refractivity contribution in [2.75, 3.05) is 16.6 Å². The summed E-state index contributed by atoms with van der Waals surface area (Å²) in [6.07, 6.45) is -0.184. The van der Waals surface area contributed by atoms with Crippen molar-refractivity contribution in [3.63, 3.8) is 0 Å². The molecule has 0 aromatic heterocycles. The molecule has 0 spiro atoms. The number of fused-ring (bicyclic) bond motifs is 1. The van der Waals surface area contributed by atoms with Gasteiger partial charge in [0.1, 0.15) is 11.7 Å². The molecule has 2 heterocycles. The SMILES string of the molecule is CCCOc1ccc(N2C(=O)[C@@H]3[C@@H](ON(c4cccc([N+](=O)[O-])c4)[C@H]3c3ccccc3)C2=O)cc1. The molecule has 0 N–H and O–H groups in total. The third kappa shape index (κ3) is 4.00. The van der Waals surface area contributed by atoms with Crippen LogP contribution in [0.3, 0.4) is 0 Å². The number of hydrogen-bond acceptors (Lipinski definition) is 7. The van der Waals surface area contributed by atoms with Crippen molar-refractivity contribution in [3.05, 3.63) is 94.5 Å². The zero-order valence-electron chi connectivity index (χ0n) is 18.9. The second-order valence-electron chi connectivity index (χ2n) is 8.36. The first kappa shape index (κ1) is 22.5. The summed E-state index contributed by atoms with van der Waals surface area (Å²) in [7, 11) is 0. The van der Waals surface area contributed by atoms with Gasteiger partial charge in [-0.1, -0.05) is 43.3 Å². The minimum atomic E-state index is -1.05. The monoisotopic (exact) mass is 473 g/mol. The number of amides is 2. The summed E-state index contributed by atoms with van der Waals surface area (Å²) in [6.45, 7) is 2.58. The highest BCUT2D eigenvalue weighted by atomic mass is 16.7. The number of imide groups is 1. The van der Waals surface area contributed by atoms with E-state index in [4.69, 9.17) is 9.57 Å². The number of nitro benzene ring substituents is 1. The second-order valence-corrected chi connectivity index (χ2v) is 8.36. The highest BCUT2D eigenvalue weighted by Gasteiger charge is 2.60. The van der Waals surface area contributed by atoms with Gasteiger partial charge in [-0.2, -0.15) is 0 Å². The molecule has 0 unspecified atom stereocenters. The zero-order valence-corrected chi connectivity index (χ0v) is 18.9. The summed E-state index contributed by atoms with van der Waals surface area (Å²) in [5.41, 5.74) is 1.49. The van der Waals surface area contributed by atoms with Crippen LogP contribution in [0.2, 0.25) is 0 Å². The van der Waals surface area contributed by atoms with E-state index in [9.17, 15) is 19.7 Å². The molecule has 178 valence electrons. The molecule has 3 atom stereocenters. The Kier molecular flexibility index (Phi) is 5.92. The molecule has 3 aromatic carbocycles. The van der Waals surface area contributed by atoms with Gasteiger partial charge in [0.25, 0.3) is 11.6 Å². The quantitative estimate of drug-likeness (QED) is 0.284. The summed E-state index contributed by atoms with van der Waals surface area (Å²) in [5, 5.41) is 12.8. The highest BCUT2D eigenvalue weighted by molar-refractivity contribution is 6.23. The summed E-state index contributed by atoms with van der Waals surface area (Å²) in [6, 6.07) is 21.3. The first-order chi connectivity index (χ1) is 17.0. The van der Waals surface area contributed by atoms with Gasteiger partial charge < -0.3 is 4.74 Å². The smallest absolute Gasteiger partial charge is 0.271 e. The van der Waals surface area contributed by atoms with Crippen LogP contribution in [-0.4, -0.2) is 29.4 Å². The fraction of sp³-hybridized carbons (Fsp3) is 0.231. The van der Waals surface area contributed by atoms with E-state index in [-0.39, 0.29) is 11.6 Å². The Bertz CT molecular complexity index is 1260. The van der Waals surface area contributed by atoms with Crippen molar-refractivity contribution in [2.24, 2.45) is 5.92 Å². The Morgan fingerprint density at radius 2 is 1.69 bits per heavy atom. The number of nitro groups is 1. The predicted molar refractivity (Wildman–Crippen MR) is 128 cm³/mol. The summed E-state index contributed by atoms with van der Waals surface area (Å²) in [4.78, 5) is 45.1. The topological polar surface area (TPSA) is 102 Å². The largest absolute Gasteiger partial charge is 0.494 e. The fourth-order valence-corrected chi connectivity index (χ4v) is 4.54. The second kappa shape index (κ2) is 9.19. The van der Waals surface area contributed by atoms with Crippen LogP contribution in [0.15, 0.2) is 78.9 Å². The molecule has 2 aliphatic heterocycles. The van der Waals surface area contributed by atoms with E-state index < -0.39 is 28.9 Å². The Balaban J connectivity index is 1.50. The minimum absolute atomic E-state index is 0.111. The van der Waals surface area contributed by atoms with Gasteiger partial charge in [-0.25, -0.2) is 9.96 Å². The molecule has 2 fully saturated rings. The van der Waals surface area contributed by atoms with Crippen LogP contribution < -0.4 is 14.7 Å². The molecular formula is C26H23N3O6. The van der Waals surface area contributed by atoms with Crippen LogP contribution >= 0.6 is 0 Å². The predicted octanol–water partition coefficient (Wildman–Crippen LogP) is 4.43. The summed E-state index contributed by atoms with van der Waals surface area (Å²) >= 11 is 0.